The number of hydrogen-bond acceptors (Lipinski definition) is 3. The van der Waals surface area contributed by atoms with Crippen LogP contribution in [0.15, 0.2) is 42.5 Å². The van der Waals surface area contributed by atoms with Crippen LogP contribution in [0.25, 0.3) is 10.8 Å². The van der Waals surface area contributed by atoms with Crippen molar-refractivity contribution in [2.75, 3.05) is 13.2 Å². The fourth-order valence-corrected chi connectivity index (χ4v) is 1.83. The Bertz CT molecular complexity index is 563. The van der Waals surface area contributed by atoms with Gasteiger partial charge < -0.3 is 15.2 Å². The van der Waals surface area contributed by atoms with E-state index in [4.69, 9.17) is 4.74 Å². The minimum absolute atomic E-state index is 0.147. The molecule has 4 heteroatoms. The second-order valence-corrected chi connectivity index (χ2v) is 4.38. The molecule has 0 unspecified atom stereocenters. The van der Waals surface area contributed by atoms with Gasteiger partial charge in [0.1, 0.15) is 18.5 Å². The molecule has 0 aliphatic carbocycles. The van der Waals surface area contributed by atoms with Crippen LogP contribution in [0.1, 0.15) is 6.92 Å². The van der Waals surface area contributed by atoms with Gasteiger partial charge in [0.2, 0.25) is 5.91 Å². The zero-order valence-corrected chi connectivity index (χ0v) is 10.8. The molecule has 2 aromatic rings. The van der Waals surface area contributed by atoms with Crippen molar-refractivity contribution in [2.24, 2.45) is 0 Å². The molecule has 19 heavy (non-hydrogen) atoms. The van der Waals surface area contributed by atoms with Crippen molar-refractivity contribution in [3.63, 3.8) is 0 Å². The molecular formula is C15H17NO3. The van der Waals surface area contributed by atoms with Gasteiger partial charge in [-0.3, -0.25) is 4.79 Å². The summed E-state index contributed by atoms with van der Waals surface area (Å²) in [7, 11) is 0. The average Bonchev–Trinajstić information content (AvgIpc) is 2.42. The maximum atomic E-state index is 10.7. The van der Waals surface area contributed by atoms with Crippen LogP contribution in [0.3, 0.4) is 0 Å². The summed E-state index contributed by atoms with van der Waals surface area (Å²) in [5.41, 5.74) is 0. The zero-order valence-electron chi connectivity index (χ0n) is 10.8. The molecule has 0 saturated carbocycles. The molecule has 0 aliphatic rings. The van der Waals surface area contributed by atoms with Crippen LogP contribution in [-0.4, -0.2) is 30.3 Å². The first-order valence-electron chi connectivity index (χ1n) is 6.20. The third-order valence-corrected chi connectivity index (χ3v) is 2.77. The van der Waals surface area contributed by atoms with Crippen LogP contribution in [0.2, 0.25) is 0 Å². The molecular weight excluding hydrogens is 242 g/mol. The summed E-state index contributed by atoms with van der Waals surface area (Å²) in [4.78, 5) is 10.7. The second-order valence-electron chi connectivity index (χ2n) is 4.38. The number of aliphatic hydroxyl groups excluding tert-OH is 1. The van der Waals surface area contributed by atoms with E-state index < -0.39 is 6.10 Å². The van der Waals surface area contributed by atoms with E-state index >= 15 is 0 Å². The summed E-state index contributed by atoms with van der Waals surface area (Å²) in [6, 6.07) is 13.7. The molecule has 4 nitrogen and oxygen atoms in total. The minimum atomic E-state index is -0.720. The Balaban J connectivity index is 2.00. The fraction of sp³-hybridized carbons (Fsp3) is 0.267. The average molecular weight is 259 g/mol. The molecule has 0 radical (unpaired) electrons. The number of hydrogen-bond donors (Lipinski definition) is 2. The third-order valence-electron chi connectivity index (χ3n) is 2.77. The van der Waals surface area contributed by atoms with E-state index in [9.17, 15) is 9.90 Å². The standard InChI is InChI=1S/C15H17NO3/c1-11(17)16-9-13(18)10-19-15-8-4-6-12-5-2-3-7-14(12)15/h2-8,13,18H,9-10H2,1H3,(H,16,17)/t13-/m0/s1. The first-order valence-corrected chi connectivity index (χ1v) is 6.20. The summed E-state index contributed by atoms with van der Waals surface area (Å²) in [6.07, 6.45) is -0.720. The largest absolute Gasteiger partial charge is 0.490 e. The maximum Gasteiger partial charge on any atom is 0.216 e. The van der Waals surface area contributed by atoms with Gasteiger partial charge in [-0.15, -0.1) is 0 Å². The van der Waals surface area contributed by atoms with Crippen molar-refractivity contribution in [3.05, 3.63) is 42.5 Å². The highest BCUT2D eigenvalue weighted by molar-refractivity contribution is 5.88. The number of benzene rings is 2. The highest BCUT2D eigenvalue weighted by Crippen LogP contribution is 2.25. The molecule has 0 heterocycles. The van der Waals surface area contributed by atoms with Crippen molar-refractivity contribution in [2.45, 2.75) is 13.0 Å². The lowest BCUT2D eigenvalue weighted by atomic mass is 10.1. The van der Waals surface area contributed by atoms with Gasteiger partial charge in [0.15, 0.2) is 0 Å². The summed E-state index contributed by atoms with van der Waals surface area (Å²) in [5.74, 6) is 0.573. The number of amides is 1. The predicted octanol–water partition coefficient (Wildman–Crippen LogP) is 1.72. The molecule has 0 saturated heterocycles. The molecule has 0 spiro atoms. The molecule has 0 bridgehead atoms. The monoisotopic (exact) mass is 259 g/mol. The molecule has 0 fully saturated rings. The van der Waals surface area contributed by atoms with Gasteiger partial charge >= 0.3 is 0 Å². The van der Waals surface area contributed by atoms with Crippen LogP contribution >= 0.6 is 0 Å². The van der Waals surface area contributed by atoms with Crippen LogP contribution < -0.4 is 10.1 Å². The molecule has 100 valence electrons. The Labute approximate surface area is 112 Å². The smallest absolute Gasteiger partial charge is 0.216 e. The Hall–Kier alpha value is -2.07. The molecule has 0 aromatic heterocycles. The quantitative estimate of drug-likeness (QED) is 0.859. The Morgan fingerprint density at radius 3 is 2.79 bits per heavy atom. The van der Waals surface area contributed by atoms with Crippen molar-refractivity contribution >= 4 is 16.7 Å². The normalized spacial score (nSPS) is 12.1. The number of rotatable bonds is 5. The number of carbonyl (C=O) groups excluding carboxylic acids is 1. The second kappa shape index (κ2) is 6.20. The van der Waals surface area contributed by atoms with Crippen molar-refractivity contribution in [1.82, 2.24) is 5.32 Å². The van der Waals surface area contributed by atoms with E-state index in [1.165, 1.54) is 6.92 Å². The van der Waals surface area contributed by atoms with Gasteiger partial charge in [-0.2, -0.15) is 0 Å². The van der Waals surface area contributed by atoms with Gasteiger partial charge in [-0.1, -0.05) is 36.4 Å². The first kappa shape index (κ1) is 13.4. The van der Waals surface area contributed by atoms with E-state index in [0.29, 0.717) is 0 Å². The van der Waals surface area contributed by atoms with Gasteiger partial charge in [-0.25, -0.2) is 0 Å². The van der Waals surface area contributed by atoms with Gasteiger partial charge in [0, 0.05) is 18.9 Å². The number of ether oxygens (including phenoxy) is 1. The van der Waals surface area contributed by atoms with E-state index in [0.717, 1.165) is 16.5 Å². The number of aliphatic hydroxyl groups is 1. The fourth-order valence-electron chi connectivity index (χ4n) is 1.83. The highest BCUT2D eigenvalue weighted by atomic mass is 16.5. The zero-order chi connectivity index (χ0) is 13.7. The molecule has 1 atom stereocenters. The summed E-state index contributed by atoms with van der Waals surface area (Å²) in [5, 5.41) is 14.3. The lowest BCUT2D eigenvalue weighted by Gasteiger charge is -2.14. The molecule has 2 N–H and O–H groups in total. The van der Waals surface area contributed by atoms with Crippen LogP contribution in [0, 0.1) is 0 Å². The summed E-state index contributed by atoms with van der Waals surface area (Å²) in [6.45, 7) is 1.76. The SMILES string of the molecule is CC(=O)NC[C@H](O)COc1cccc2ccccc12. The Morgan fingerprint density at radius 2 is 2.00 bits per heavy atom. The minimum Gasteiger partial charge on any atom is -0.490 e. The number of nitrogens with one attached hydrogen (secondary N) is 1. The first-order chi connectivity index (χ1) is 9.16. The van der Waals surface area contributed by atoms with Gasteiger partial charge in [-0.05, 0) is 11.5 Å². The molecule has 2 aromatic carbocycles. The summed E-state index contributed by atoms with van der Waals surface area (Å²) < 4.78 is 5.61. The number of fused-ring (bicyclic) bond motifs is 1. The van der Waals surface area contributed by atoms with Crippen molar-refractivity contribution < 1.29 is 14.6 Å². The molecule has 0 aliphatic heterocycles. The van der Waals surface area contributed by atoms with Crippen LogP contribution in [0.4, 0.5) is 0 Å². The Morgan fingerprint density at radius 1 is 1.26 bits per heavy atom. The lowest BCUT2D eigenvalue weighted by molar-refractivity contribution is -0.119. The van der Waals surface area contributed by atoms with E-state index in [2.05, 4.69) is 5.32 Å². The van der Waals surface area contributed by atoms with E-state index in [1.807, 2.05) is 42.5 Å². The van der Waals surface area contributed by atoms with Crippen LogP contribution in [0.5, 0.6) is 5.75 Å². The maximum absolute atomic E-state index is 10.7. The topological polar surface area (TPSA) is 58.6 Å². The van der Waals surface area contributed by atoms with E-state index in [-0.39, 0.29) is 19.1 Å². The summed E-state index contributed by atoms with van der Waals surface area (Å²) >= 11 is 0. The van der Waals surface area contributed by atoms with Gasteiger partial charge in [0.25, 0.3) is 0 Å². The molecule has 2 rings (SSSR count). The predicted molar refractivity (Wildman–Crippen MR) is 74.1 cm³/mol. The van der Waals surface area contributed by atoms with Crippen molar-refractivity contribution in [3.8, 4) is 5.75 Å². The van der Waals surface area contributed by atoms with E-state index in [1.54, 1.807) is 0 Å². The Kier molecular flexibility index (Phi) is 4.36. The van der Waals surface area contributed by atoms with Crippen molar-refractivity contribution in [1.29, 1.82) is 0 Å². The van der Waals surface area contributed by atoms with Gasteiger partial charge in [0.05, 0.1) is 0 Å². The molecule has 1 amide bonds. The van der Waals surface area contributed by atoms with Crippen LogP contribution in [-0.2, 0) is 4.79 Å². The third kappa shape index (κ3) is 3.69. The lowest BCUT2D eigenvalue weighted by Crippen LogP contribution is -2.33. The highest BCUT2D eigenvalue weighted by Gasteiger charge is 2.07. The number of carbonyl (C=O) groups is 1.